The Kier molecular flexibility index (Phi) is 2.63. The van der Waals surface area contributed by atoms with Gasteiger partial charge in [0.15, 0.2) is 0 Å². The van der Waals surface area contributed by atoms with Crippen molar-refractivity contribution in [3.63, 3.8) is 0 Å². The molecule has 2 heterocycles. The molecule has 2 aromatic heterocycles. The van der Waals surface area contributed by atoms with Crippen molar-refractivity contribution in [2.75, 3.05) is 5.73 Å². The molecule has 0 bridgehead atoms. The lowest BCUT2D eigenvalue weighted by molar-refractivity contribution is 0.0934. The molecule has 1 amide bonds. The molecule has 0 spiro atoms. The van der Waals surface area contributed by atoms with Crippen molar-refractivity contribution in [3.05, 3.63) is 36.2 Å². The zero-order valence-corrected chi connectivity index (χ0v) is 8.82. The van der Waals surface area contributed by atoms with E-state index >= 15 is 0 Å². The van der Waals surface area contributed by atoms with E-state index < -0.39 is 0 Å². The predicted octanol–water partition coefficient (Wildman–Crippen LogP) is 0.811. The van der Waals surface area contributed by atoms with Gasteiger partial charge in [-0.05, 0) is 13.0 Å². The average Bonchev–Trinajstić information content (AvgIpc) is 2.87. The molecule has 1 unspecified atom stereocenters. The Morgan fingerprint density at radius 2 is 2.38 bits per heavy atom. The Bertz CT molecular complexity index is 473. The van der Waals surface area contributed by atoms with Crippen LogP contribution in [0.3, 0.4) is 0 Å². The predicted molar refractivity (Wildman–Crippen MR) is 59.7 cm³/mol. The van der Waals surface area contributed by atoms with Crippen LogP contribution in [0.1, 0.15) is 29.3 Å². The maximum atomic E-state index is 11.7. The number of hydrogen-bond donors (Lipinski definition) is 4. The van der Waals surface area contributed by atoms with Crippen LogP contribution in [-0.2, 0) is 0 Å². The number of imidazole rings is 1. The van der Waals surface area contributed by atoms with Crippen molar-refractivity contribution in [1.82, 2.24) is 20.3 Å². The Morgan fingerprint density at radius 3 is 2.94 bits per heavy atom. The van der Waals surface area contributed by atoms with Gasteiger partial charge in [0.1, 0.15) is 11.5 Å². The van der Waals surface area contributed by atoms with Gasteiger partial charge < -0.3 is 21.0 Å². The van der Waals surface area contributed by atoms with Gasteiger partial charge in [-0.25, -0.2) is 4.98 Å². The van der Waals surface area contributed by atoms with Crippen molar-refractivity contribution in [2.45, 2.75) is 13.0 Å². The Balaban J connectivity index is 2.03. The van der Waals surface area contributed by atoms with E-state index in [1.165, 1.54) is 0 Å². The van der Waals surface area contributed by atoms with Gasteiger partial charge in [-0.15, -0.1) is 0 Å². The van der Waals surface area contributed by atoms with E-state index in [2.05, 4.69) is 20.3 Å². The highest BCUT2D eigenvalue weighted by Crippen LogP contribution is 2.09. The van der Waals surface area contributed by atoms with Gasteiger partial charge in [0.2, 0.25) is 0 Å². The summed E-state index contributed by atoms with van der Waals surface area (Å²) < 4.78 is 0. The Morgan fingerprint density at radius 1 is 1.56 bits per heavy atom. The van der Waals surface area contributed by atoms with Crippen LogP contribution < -0.4 is 11.1 Å². The summed E-state index contributed by atoms with van der Waals surface area (Å²) in [6.45, 7) is 1.85. The smallest absolute Gasteiger partial charge is 0.268 e. The first-order valence-electron chi connectivity index (χ1n) is 4.91. The number of rotatable bonds is 3. The van der Waals surface area contributed by atoms with Crippen LogP contribution in [0.5, 0.6) is 0 Å². The van der Waals surface area contributed by atoms with E-state index in [1.54, 1.807) is 24.7 Å². The monoisotopic (exact) mass is 219 g/mol. The largest absolute Gasteiger partial charge is 0.397 e. The summed E-state index contributed by atoms with van der Waals surface area (Å²) >= 11 is 0. The van der Waals surface area contributed by atoms with Gasteiger partial charge in [0.05, 0.1) is 6.04 Å². The maximum absolute atomic E-state index is 11.7. The molecule has 2 rings (SSSR count). The highest BCUT2D eigenvalue weighted by Gasteiger charge is 2.13. The molecule has 1 atom stereocenters. The van der Waals surface area contributed by atoms with Crippen molar-refractivity contribution >= 4 is 11.6 Å². The second-order valence-electron chi connectivity index (χ2n) is 3.52. The fourth-order valence-corrected chi connectivity index (χ4v) is 1.40. The van der Waals surface area contributed by atoms with Gasteiger partial charge in [0.25, 0.3) is 5.91 Å². The number of H-pyrrole nitrogens is 2. The van der Waals surface area contributed by atoms with Crippen LogP contribution in [0.15, 0.2) is 24.7 Å². The molecular weight excluding hydrogens is 206 g/mol. The second-order valence-corrected chi connectivity index (χ2v) is 3.52. The number of anilines is 1. The molecule has 6 heteroatoms. The fourth-order valence-electron chi connectivity index (χ4n) is 1.40. The van der Waals surface area contributed by atoms with E-state index in [1.807, 2.05) is 6.92 Å². The number of carbonyl (C=O) groups is 1. The SMILES string of the molecule is CC(NC(=O)c1cc(N)c[nH]1)c1ncc[nH]1. The maximum Gasteiger partial charge on any atom is 0.268 e. The minimum absolute atomic E-state index is 0.174. The van der Waals surface area contributed by atoms with E-state index in [0.29, 0.717) is 17.2 Å². The van der Waals surface area contributed by atoms with Gasteiger partial charge in [-0.2, -0.15) is 0 Å². The molecule has 0 aliphatic carbocycles. The molecule has 0 aliphatic heterocycles. The number of nitrogens with zero attached hydrogens (tertiary/aromatic N) is 1. The fraction of sp³-hybridized carbons (Fsp3) is 0.200. The number of nitrogens with two attached hydrogens (primary N) is 1. The van der Waals surface area contributed by atoms with E-state index in [0.717, 1.165) is 0 Å². The molecule has 0 saturated heterocycles. The van der Waals surface area contributed by atoms with Gasteiger partial charge in [0, 0.05) is 24.3 Å². The first kappa shape index (κ1) is 10.3. The zero-order chi connectivity index (χ0) is 11.5. The standard InChI is InChI=1S/C10H13N5O/c1-6(9-12-2-3-13-9)15-10(16)8-4-7(11)5-14-8/h2-6,14H,11H2,1H3,(H,12,13)(H,15,16). The second kappa shape index (κ2) is 4.09. The summed E-state index contributed by atoms with van der Waals surface area (Å²) in [6, 6.07) is 1.41. The number of amides is 1. The first-order chi connectivity index (χ1) is 7.66. The van der Waals surface area contributed by atoms with Gasteiger partial charge in [-0.3, -0.25) is 4.79 Å². The number of aromatic amines is 2. The lowest BCUT2D eigenvalue weighted by atomic mass is 10.3. The third kappa shape index (κ3) is 2.05. The Hall–Kier alpha value is -2.24. The van der Waals surface area contributed by atoms with Crippen LogP contribution in [0.25, 0.3) is 0 Å². The van der Waals surface area contributed by atoms with E-state index in [-0.39, 0.29) is 11.9 Å². The lowest BCUT2D eigenvalue weighted by Gasteiger charge is -2.10. The quantitative estimate of drug-likeness (QED) is 0.614. The molecule has 16 heavy (non-hydrogen) atoms. The third-order valence-corrected chi connectivity index (χ3v) is 2.23. The van der Waals surface area contributed by atoms with Crippen LogP contribution in [0.2, 0.25) is 0 Å². The topological polar surface area (TPSA) is 99.6 Å². The summed E-state index contributed by atoms with van der Waals surface area (Å²) in [5.41, 5.74) is 6.49. The minimum atomic E-state index is -0.208. The molecule has 6 nitrogen and oxygen atoms in total. The van der Waals surface area contributed by atoms with Crippen molar-refractivity contribution in [2.24, 2.45) is 0 Å². The van der Waals surface area contributed by atoms with Crippen LogP contribution in [0.4, 0.5) is 5.69 Å². The number of aromatic nitrogens is 3. The molecular formula is C10H13N5O. The number of carbonyl (C=O) groups excluding carboxylic acids is 1. The van der Waals surface area contributed by atoms with E-state index in [4.69, 9.17) is 5.73 Å². The lowest BCUT2D eigenvalue weighted by Crippen LogP contribution is -2.27. The van der Waals surface area contributed by atoms with Crippen LogP contribution in [0, 0.1) is 0 Å². The normalized spacial score (nSPS) is 12.3. The van der Waals surface area contributed by atoms with Crippen molar-refractivity contribution in [1.29, 1.82) is 0 Å². The molecule has 0 aromatic carbocycles. The molecule has 0 saturated carbocycles. The molecule has 84 valence electrons. The summed E-state index contributed by atoms with van der Waals surface area (Å²) in [5.74, 6) is 0.508. The third-order valence-electron chi connectivity index (χ3n) is 2.23. The van der Waals surface area contributed by atoms with Crippen LogP contribution in [-0.4, -0.2) is 20.9 Å². The molecule has 0 aliphatic rings. The summed E-state index contributed by atoms with van der Waals surface area (Å²) in [5, 5.41) is 2.79. The number of hydrogen-bond acceptors (Lipinski definition) is 3. The van der Waals surface area contributed by atoms with Crippen molar-refractivity contribution < 1.29 is 4.79 Å². The zero-order valence-electron chi connectivity index (χ0n) is 8.82. The average molecular weight is 219 g/mol. The molecule has 5 N–H and O–H groups in total. The molecule has 0 radical (unpaired) electrons. The summed E-state index contributed by atoms with van der Waals surface area (Å²) in [6.07, 6.45) is 4.93. The summed E-state index contributed by atoms with van der Waals surface area (Å²) in [7, 11) is 0. The highest BCUT2D eigenvalue weighted by atomic mass is 16.1. The minimum Gasteiger partial charge on any atom is -0.397 e. The Labute approximate surface area is 92.3 Å². The van der Waals surface area contributed by atoms with E-state index in [9.17, 15) is 4.79 Å². The highest BCUT2D eigenvalue weighted by molar-refractivity contribution is 5.93. The number of nitrogens with one attached hydrogen (secondary N) is 3. The van der Waals surface area contributed by atoms with Gasteiger partial charge in [-0.1, -0.05) is 0 Å². The molecule has 0 fully saturated rings. The molecule has 2 aromatic rings. The van der Waals surface area contributed by atoms with Gasteiger partial charge >= 0.3 is 0 Å². The van der Waals surface area contributed by atoms with Crippen LogP contribution >= 0.6 is 0 Å². The van der Waals surface area contributed by atoms with Crippen molar-refractivity contribution in [3.8, 4) is 0 Å². The number of nitrogen functional groups attached to an aromatic ring is 1. The first-order valence-corrected chi connectivity index (χ1v) is 4.91. The summed E-state index contributed by atoms with van der Waals surface area (Å²) in [4.78, 5) is 21.5.